The molecule has 10 atom stereocenters. The molecule has 5 aliphatic carbocycles. The van der Waals surface area contributed by atoms with E-state index in [0.29, 0.717) is 23.7 Å². The maximum atomic E-state index is 13.4. The maximum Gasteiger partial charge on any atom is 0.312 e. The van der Waals surface area contributed by atoms with Gasteiger partial charge in [-0.05, 0) is 98.2 Å². The third kappa shape index (κ3) is 3.55. The Morgan fingerprint density at radius 3 is 2.23 bits per heavy atom. The fourth-order valence-electron chi connectivity index (χ4n) is 12.4. The van der Waals surface area contributed by atoms with E-state index in [2.05, 4.69) is 48.5 Å². The van der Waals surface area contributed by atoms with E-state index in [9.17, 15) is 14.4 Å². The zero-order valence-electron chi connectivity index (χ0n) is 25.9. The summed E-state index contributed by atoms with van der Waals surface area (Å²) >= 11 is 0. The van der Waals surface area contributed by atoms with Crippen LogP contribution < -0.4 is 0 Å². The number of hydrogen-bond acceptors (Lipinski definition) is 5. The molecule has 6 aliphatic rings. The van der Waals surface area contributed by atoms with Gasteiger partial charge in [0.2, 0.25) is 0 Å². The second kappa shape index (κ2) is 8.72. The minimum atomic E-state index is -0.961. The highest BCUT2D eigenvalue weighted by atomic mass is 16.6. The van der Waals surface area contributed by atoms with Gasteiger partial charge in [0.15, 0.2) is 0 Å². The van der Waals surface area contributed by atoms with Crippen LogP contribution in [0.4, 0.5) is 0 Å². The molecule has 0 aromatic carbocycles. The lowest BCUT2D eigenvalue weighted by Crippen LogP contribution is -2.68. The number of hydrogen-bond donors (Lipinski definition) is 1. The van der Waals surface area contributed by atoms with Crippen LogP contribution in [0.2, 0.25) is 0 Å². The second-order valence-corrected chi connectivity index (χ2v) is 16.9. The van der Waals surface area contributed by atoms with Crippen molar-refractivity contribution in [3.05, 3.63) is 0 Å². The summed E-state index contributed by atoms with van der Waals surface area (Å²) < 4.78 is 12.3. The van der Waals surface area contributed by atoms with E-state index in [1.54, 1.807) is 0 Å². The molecule has 1 saturated heterocycles. The summed E-state index contributed by atoms with van der Waals surface area (Å²) in [6, 6.07) is 0. The molecule has 0 radical (unpaired) electrons. The van der Waals surface area contributed by atoms with Crippen LogP contribution >= 0.6 is 0 Å². The number of fused-ring (bicyclic) bond motifs is 5. The molecular weight excluding hydrogens is 504 g/mol. The van der Waals surface area contributed by atoms with E-state index in [1.807, 2.05) is 0 Å². The molecule has 6 fully saturated rings. The molecule has 5 saturated carbocycles. The quantitative estimate of drug-likeness (QED) is 0.369. The number of carboxylic acids is 1. The van der Waals surface area contributed by atoms with Crippen molar-refractivity contribution in [3.8, 4) is 0 Å². The molecule has 1 heterocycles. The summed E-state index contributed by atoms with van der Waals surface area (Å²) in [4.78, 5) is 37.0. The van der Waals surface area contributed by atoms with Crippen LogP contribution in [0.3, 0.4) is 0 Å². The van der Waals surface area contributed by atoms with Gasteiger partial charge in [-0.1, -0.05) is 48.5 Å². The molecule has 6 nitrogen and oxygen atoms in total. The Kier molecular flexibility index (Phi) is 6.22. The molecule has 1 aliphatic heterocycles. The summed E-state index contributed by atoms with van der Waals surface area (Å²) in [5.41, 5.74) is 0.189. The second-order valence-electron chi connectivity index (χ2n) is 16.9. The number of aliphatic carboxylic acids is 1. The molecule has 0 aromatic heterocycles. The van der Waals surface area contributed by atoms with Gasteiger partial charge in [-0.3, -0.25) is 14.4 Å². The first-order valence-corrected chi connectivity index (χ1v) is 16.2. The molecule has 0 unspecified atom stereocenters. The minimum Gasteiger partial charge on any atom is -0.481 e. The lowest BCUT2D eigenvalue weighted by molar-refractivity contribution is -0.254. The largest absolute Gasteiger partial charge is 0.481 e. The third-order valence-corrected chi connectivity index (χ3v) is 14.8. The van der Waals surface area contributed by atoms with Crippen molar-refractivity contribution in [2.24, 2.45) is 56.2 Å². The van der Waals surface area contributed by atoms with Crippen molar-refractivity contribution in [1.82, 2.24) is 0 Å². The lowest BCUT2D eigenvalue weighted by Gasteiger charge is -2.73. The Bertz CT molecular complexity index is 1110. The summed E-state index contributed by atoms with van der Waals surface area (Å²) in [6.07, 6.45) is 10.4. The van der Waals surface area contributed by atoms with Crippen LogP contribution in [-0.2, 0) is 23.9 Å². The van der Waals surface area contributed by atoms with Gasteiger partial charge in [-0.25, -0.2) is 0 Å². The number of ether oxygens (including phenoxy) is 2. The SMILES string of the molecule is CC1(C)CC[C@]23CC[C@]4(C)[C@@H](CC[C@H]5[C@@]6(C)CC[C@H](OC(=O)CCC(=O)O)C(C)(C)[C@@H]6CC[C@]54C)[C@H]2[C@H]1OC3=O. The Morgan fingerprint density at radius 2 is 1.52 bits per heavy atom. The Hall–Kier alpha value is -1.59. The predicted octanol–water partition coefficient (Wildman–Crippen LogP) is 7.18. The van der Waals surface area contributed by atoms with Gasteiger partial charge in [0.05, 0.1) is 18.3 Å². The van der Waals surface area contributed by atoms with Crippen LogP contribution in [0.25, 0.3) is 0 Å². The molecule has 2 bridgehead atoms. The Balaban J connectivity index is 1.28. The molecule has 224 valence electrons. The monoisotopic (exact) mass is 556 g/mol. The zero-order valence-corrected chi connectivity index (χ0v) is 25.9. The van der Waals surface area contributed by atoms with Crippen LogP contribution in [0.5, 0.6) is 0 Å². The average Bonchev–Trinajstić information content (AvgIpc) is 3.12. The molecule has 0 amide bonds. The van der Waals surface area contributed by atoms with Gasteiger partial charge in [0, 0.05) is 16.7 Å². The van der Waals surface area contributed by atoms with Crippen molar-refractivity contribution >= 4 is 17.9 Å². The van der Waals surface area contributed by atoms with Crippen LogP contribution in [0.1, 0.15) is 126 Å². The van der Waals surface area contributed by atoms with E-state index < -0.39 is 5.97 Å². The van der Waals surface area contributed by atoms with Crippen LogP contribution in [0, 0.1) is 56.2 Å². The highest BCUT2D eigenvalue weighted by Gasteiger charge is 2.75. The zero-order chi connectivity index (χ0) is 29.1. The van der Waals surface area contributed by atoms with Gasteiger partial charge >= 0.3 is 17.9 Å². The average molecular weight is 557 g/mol. The standard InChI is InChI=1S/C34H52O6/c1-29(2)16-18-34-19-17-32(6)20(26(34)27(29)40-28(34)38)8-9-22-31(5)14-13-23(39-25(37)11-10-24(35)36)30(3,4)21(31)12-15-33(22,32)7/h20-23,26-27H,8-19H2,1-7H3,(H,35,36)/t20-,21-,22-,23-,26-,27+,31-,32+,33+,34-/m0/s1. The van der Waals surface area contributed by atoms with E-state index in [-0.39, 0.29) is 69.5 Å². The molecule has 6 rings (SSSR count). The topological polar surface area (TPSA) is 89.9 Å². The first kappa shape index (κ1) is 28.5. The van der Waals surface area contributed by atoms with Gasteiger partial charge in [-0.2, -0.15) is 0 Å². The molecule has 0 aromatic rings. The summed E-state index contributed by atoms with van der Waals surface area (Å²) in [5, 5.41) is 9.00. The van der Waals surface area contributed by atoms with E-state index in [0.717, 1.165) is 44.9 Å². The molecular formula is C34H52O6. The number of carboxylic acid groups (broad SMARTS) is 1. The smallest absolute Gasteiger partial charge is 0.312 e. The number of carbonyl (C=O) groups is 3. The summed E-state index contributed by atoms with van der Waals surface area (Å²) in [7, 11) is 0. The molecule has 1 N–H and O–H groups in total. The maximum absolute atomic E-state index is 13.4. The van der Waals surface area contributed by atoms with Crippen molar-refractivity contribution in [1.29, 1.82) is 0 Å². The van der Waals surface area contributed by atoms with Gasteiger partial charge in [0.1, 0.15) is 12.2 Å². The van der Waals surface area contributed by atoms with E-state index in [4.69, 9.17) is 14.6 Å². The fourth-order valence-corrected chi connectivity index (χ4v) is 12.4. The first-order valence-electron chi connectivity index (χ1n) is 16.2. The van der Waals surface area contributed by atoms with Crippen LogP contribution in [-0.4, -0.2) is 35.2 Å². The third-order valence-electron chi connectivity index (χ3n) is 14.8. The lowest BCUT2D eigenvalue weighted by atomic mass is 9.31. The number of esters is 2. The van der Waals surface area contributed by atoms with Crippen molar-refractivity contribution in [3.63, 3.8) is 0 Å². The normalized spacial score (nSPS) is 49.9. The van der Waals surface area contributed by atoms with E-state index in [1.165, 1.54) is 19.3 Å². The highest BCUT2D eigenvalue weighted by molar-refractivity contribution is 5.81. The number of rotatable bonds is 4. The highest BCUT2D eigenvalue weighted by Crippen LogP contribution is 2.78. The number of carbonyl (C=O) groups excluding carboxylic acids is 2. The summed E-state index contributed by atoms with van der Waals surface area (Å²) in [5.74, 6) is 0.697. The van der Waals surface area contributed by atoms with Gasteiger partial charge in [-0.15, -0.1) is 0 Å². The Morgan fingerprint density at radius 1 is 0.825 bits per heavy atom. The molecule has 0 spiro atoms. The fraction of sp³-hybridized carbons (Fsp3) is 0.912. The van der Waals surface area contributed by atoms with Crippen molar-refractivity contribution in [2.75, 3.05) is 0 Å². The van der Waals surface area contributed by atoms with Crippen molar-refractivity contribution in [2.45, 2.75) is 138 Å². The predicted molar refractivity (Wildman–Crippen MR) is 151 cm³/mol. The first-order chi connectivity index (χ1) is 18.5. The van der Waals surface area contributed by atoms with Crippen molar-refractivity contribution < 1.29 is 29.0 Å². The van der Waals surface area contributed by atoms with Gasteiger partial charge in [0.25, 0.3) is 0 Å². The molecule has 6 heteroatoms. The minimum absolute atomic E-state index is 0.0459. The van der Waals surface area contributed by atoms with E-state index >= 15 is 0 Å². The van der Waals surface area contributed by atoms with Gasteiger partial charge < -0.3 is 14.6 Å². The Labute approximate surface area is 240 Å². The molecule has 40 heavy (non-hydrogen) atoms. The van der Waals surface area contributed by atoms with Crippen LogP contribution in [0.15, 0.2) is 0 Å². The summed E-state index contributed by atoms with van der Waals surface area (Å²) in [6.45, 7) is 16.9.